The van der Waals surface area contributed by atoms with Gasteiger partial charge in [0.15, 0.2) is 0 Å². The first-order valence-electron chi connectivity index (χ1n) is 8.09. The number of imidazole rings is 1. The summed E-state index contributed by atoms with van der Waals surface area (Å²) in [6.45, 7) is 0. The molecule has 0 saturated heterocycles. The maximum absolute atomic E-state index is 12.3. The Balaban J connectivity index is 1.89. The average Bonchev–Trinajstić information content (AvgIpc) is 2.88. The maximum atomic E-state index is 12.3. The zero-order chi connectivity index (χ0) is 16.7. The summed E-state index contributed by atoms with van der Waals surface area (Å²) in [5.74, 6) is 0.494. The molecular formula is C18H19N5O. The van der Waals surface area contributed by atoms with Crippen LogP contribution in [0.2, 0.25) is 0 Å². The highest BCUT2D eigenvalue weighted by molar-refractivity contribution is 5.55. The van der Waals surface area contributed by atoms with Gasteiger partial charge in [-0.1, -0.05) is 18.2 Å². The smallest absolute Gasteiger partial charge is 0.276 e. The Labute approximate surface area is 138 Å². The van der Waals surface area contributed by atoms with Gasteiger partial charge in [-0.3, -0.25) is 9.78 Å². The summed E-state index contributed by atoms with van der Waals surface area (Å²) < 4.78 is 1.63. The van der Waals surface area contributed by atoms with Crippen molar-refractivity contribution in [2.75, 3.05) is 19.0 Å². The first-order chi connectivity index (χ1) is 11.6. The van der Waals surface area contributed by atoms with Crippen LogP contribution in [-0.2, 0) is 6.42 Å². The second-order valence-electron chi connectivity index (χ2n) is 6.25. The number of H-pyrrole nitrogens is 1. The van der Waals surface area contributed by atoms with Crippen molar-refractivity contribution in [2.24, 2.45) is 0 Å². The lowest BCUT2D eigenvalue weighted by molar-refractivity contribution is 0.730. The summed E-state index contributed by atoms with van der Waals surface area (Å²) >= 11 is 0. The first-order valence-corrected chi connectivity index (χ1v) is 8.09. The zero-order valence-corrected chi connectivity index (χ0v) is 13.8. The Morgan fingerprint density at radius 1 is 1.25 bits per heavy atom. The summed E-state index contributed by atoms with van der Waals surface area (Å²) in [5, 5.41) is 6.03. The summed E-state index contributed by atoms with van der Waals surface area (Å²) in [6.07, 6.45) is 6.92. The number of aromatic nitrogens is 4. The van der Waals surface area contributed by atoms with Gasteiger partial charge in [0.2, 0.25) is 5.78 Å². The van der Waals surface area contributed by atoms with E-state index in [4.69, 9.17) is 0 Å². The molecule has 0 saturated carbocycles. The molecule has 3 aromatic rings. The van der Waals surface area contributed by atoms with E-state index < -0.39 is 0 Å². The Bertz CT molecular complexity index is 1070. The summed E-state index contributed by atoms with van der Waals surface area (Å²) in [6, 6.07) is 8.04. The van der Waals surface area contributed by atoms with Crippen molar-refractivity contribution in [3.8, 4) is 0 Å². The van der Waals surface area contributed by atoms with E-state index in [-0.39, 0.29) is 5.56 Å². The number of benzene rings is 1. The van der Waals surface area contributed by atoms with Gasteiger partial charge in [-0.15, -0.1) is 0 Å². The fraction of sp³-hybridized carbons (Fsp3) is 0.278. The van der Waals surface area contributed by atoms with Crippen LogP contribution < -0.4 is 21.2 Å². The summed E-state index contributed by atoms with van der Waals surface area (Å²) in [7, 11) is 4.00. The molecular weight excluding hydrogens is 302 g/mol. The third kappa shape index (κ3) is 2.50. The number of rotatable bonds is 2. The van der Waals surface area contributed by atoms with Gasteiger partial charge < -0.3 is 4.90 Å². The fourth-order valence-electron chi connectivity index (χ4n) is 2.96. The van der Waals surface area contributed by atoms with Crippen LogP contribution in [0.4, 0.5) is 5.69 Å². The van der Waals surface area contributed by atoms with E-state index in [1.54, 1.807) is 4.52 Å². The maximum Gasteiger partial charge on any atom is 0.276 e. The Morgan fingerprint density at radius 3 is 2.79 bits per heavy atom. The molecule has 0 aliphatic heterocycles. The second kappa shape index (κ2) is 5.63. The van der Waals surface area contributed by atoms with Gasteiger partial charge in [-0.2, -0.15) is 9.61 Å². The van der Waals surface area contributed by atoms with Gasteiger partial charge in [0, 0.05) is 19.8 Å². The molecule has 2 aromatic heterocycles. The topological polar surface area (TPSA) is 66.3 Å². The van der Waals surface area contributed by atoms with Crippen LogP contribution in [0.5, 0.6) is 0 Å². The Hall–Kier alpha value is -2.89. The van der Waals surface area contributed by atoms with E-state index in [9.17, 15) is 4.79 Å². The highest BCUT2D eigenvalue weighted by atomic mass is 16.1. The molecule has 1 aliphatic rings. The number of aromatic amines is 1. The van der Waals surface area contributed by atoms with Crippen molar-refractivity contribution in [1.82, 2.24) is 19.6 Å². The minimum atomic E-state index is -0.172. The lowest BCUT2D eigenvalue weighted by Crippen LogP contribution is -2.30. The highest BCUT2D eigenvalue weighted by Gasteiger charge is 2.10. The molecule has 1 aromatic carbocycles. The van der Waals surface area contributed by atoms with Gasteiger partial charge in [0.25, 0.3) is 5.56 Å². The van der Waals surface area contributed by atoms with Gasteiger partial charge in [0.05, 0.1) is 11.0 Å². The molecule has 2 heterocycles. The highest BCUT2D eigenvalue weighted by Crippen LogP contribution is 2.12. The van der Waals surface area contributed by atoms with E-state index >= 15 is 0 Å². The largest absolute Gasteiger partial charge is 0.378 e. The van der Waals surface area contributed by atoms with Crippen LogP contribution in [0, 0.1) is 0 Å². The quantitative estimate of drug-likeness (QED) is 0.743. The van der Waals surface area contributed by atoms with Crippen LogP contribution >= 0.6 is 0 Å². The van der Waals surface area contributed by atoms with Crippen molar-refractivity contribution in [3.05, 3.63) is 56.6 Å². The standard InChI is InChI=1S/C18H19N5O/c1-22(2)13-9-7-12(8-10-13)11-16-17(24)20-18-19-14-5-3-4-6-15(14)21-23(16)18/h5,7-11H,3-4,6H2,1-2H3,(H,19,20,24)/b16-11+. The van der Waals surface area contributed by atoms with Gasteiger partial charge in [-0.05, 0) is 43.0 Å². The van der Waals surface area contributed by atoms with Crippen molar-refractivity contribution >= 4 is 23.6 Å². The molecule has 1 aliphatic carbocycles. The predicted octanol–water partition coefficient (Wildman–Crippen LogP) is 0.429. The van der Waals surface area contributed by atoms with Crippen molar-refractivity contribution in [2.45, 2.75) is 19.3 Å². The van der Waals surface area contributed by atoms with Crippen LogP contribution in [-0.4, -0.2) is 33.7 Å². The number of hydrogen-bond donors (Lipinski definition) is 1. The normalized spacial score (nSPS) is 14.5. The third-order valence-electron chi connectivity index (χ3n) is 4.30. The zero-order valence-electron chi connectivity index (χ0n) is 13.8. The monoisotopic (exact) mass is 321 g/mol. The van der Waals surface area contributed by atoms with E-state index in [1.165, 1.54) is 0 Å². The SMILES string of the molecule is CN(C)c1ccc(/C=c2\c(=O)[nH]c3nc4c(nn23)CCCC=4)cc1. The van der Waals surface area contributed by atoms with E-state index in [0.29, 0.717) is 11.1 Å². The lowest BCUT2D eigenvalue weighted by atomic mass is 10.1. The van der Waals surface area contributed by atoms with Crippen LogP contribution in [0.3, 0.4) is 0 Å². The predicted molar refractivity (Wildman–Crippen MR) is 94.6 cm³/mol. The molecule has 6 nitrogen and oxygen atoms in total. The molecule has 0 fully saturated rings. The lowest BCUT2D eigenvalue weighted by Gasteiger charge is -2.11. The number of hydrogen-bond acceptors (Lipinski definition) is 4. The molecule has 0 bridgehead atoms. The molecule has 0 amide bonds. The molecule has 24 heavy (non-hydrogen) atoms. The van der Waals surface area contributed by atoms with Crippen LogP contribution in [0.15, 0.2) is 29.1 Å². The molecule has 0 atom stereocenters. The molecule has 0 radical (unpaired) electrons. The van der Waals surface area contributed by atoms with Crippen LogP contribution in [0.1, 0.15) is 24.1 Å². The van der Waals surface area contributed by atoms with Gasteiger partial charge >= 0.3 is 0 Å². The number of fused-ring (bicyclic) bond motifs is 2. The molecule has 6 heteroatoms. The summed E-state index contributed by atoms with van der Waals surface area (Å²) in [4.78, 5) is 21.7. The van der Waals surface area contributed by atoms with Gasteiger partial charge in [0.1, 0.15) is 5.35 Å². The Kier molecular flexibility index (Phi) is 3.45. The number of nitrogens with zero attached hydrogens (tertiary/aromatic N) is 4. The van der Waals surface area contributed by atoms with E-state index in [1.807, 2.05) is 49.3 Å². The molecule has 1 N–H and O–H groups in total. The third-order valence-corrected chi connectivity index (χ3v) is 4.30. The van der Waals surface area contributed by atoms with Crippen molar-refractivity contribution < 1.29 is 0 Å². The van der Waals surface area contributed by atoms with E-state index in [0.717, 1.165) is 41.6 Å². The summed E-state index contributed by atoms with van der Waals surface area (Å²) in [5.41, 5.74) is 2.85. The fourth-order valence-corrected chi connectivity index (χ4v) is 2.96. The molecule has 4 rings (SSSR count). The molecule has 122 valence electrons. The number of aryl methyl sites for hydroxylation is 1. The van der Waals surface area contributed by atoms with Crippen molar-refractivity contribution in [1.29, 1.82) is 0 Å². The van der Waals surface area contributed by atoms with E-state index in [2.05, 4.69) is 21.1 Å². The van der Waals surface area contributed by atoms with Gasteiger partial charge in [-0.25, -0.2) is 4.98 Å². The Morgan fingerprint density at radius 2 is 2.04 bits per heavy atom. The van der Waals surface area contributed by atoms with Crippen molar-refractivity contribution in [3.63, 3.8) is 0 Å². The number of anilines is 1. The second-order valence-corrected chi connectivity index (χ2v) is 6.25. The molecule has 0 unspecified atom stereocenters. The first kappa shape index (κ1) is 14.7. The molecule has 0 spiro atoms. The average molecular weight is 321 g/mol. The van der Waals surface area contributed by atoms with Crippen LogP contribution in [0.25, 0.3) is 17.9 Å². The number of nitrogens with one attached hydrogen (secondary N) is 1. The minimum Gasteiger partial charge on any atom is -0.378 e. The minimum absolute atomic E-state index is 0.172.